The fourth-order valence-electron chi connectivity index (χ4n) is 2.85. The van der Waals surface area contributed by atoms with E-state index < -0.39 is 6.10 Å². The van der Waals surface area contributed by atoms with Crippen molar-refractivity contribution in [2.75, 3.05) is 13.1 Å². The summed E-state index contributed by atoms with van der Waals surface area (Å²) in [6.07, 6.45) is 1.11. The molecule has 1 aliphatic heterocycles. The van der Waals surface area contributed by atoms with Gasteiger partial charge in [0.05, 0.1) is 6.10 Å². The number of carbonyl (C=O) groups excluding carboxylic acids is 2. The van der Waals surface area contributed by atoms with E-state index in [1.807, 2.05) is 30.3 Å². The molecule has 5 heteroatoms. The lowest BCUT2D eigenvalue weighted by Gasteiger charge is -2.24. The van der Waals surface area contributed by atoms with Gasteiger partial charge in [-0.05, 0) is 25.3 Å². The minimum atomic E-state index is -0.428. The summed E-state index contributed by atoms with van der Waals surface area (Å²) in [7, 11) is 0. The van der Waals surface area contributed by atoms with Crippen molar-refractivity contribution in [2.24, 2.45) is 5.92 Å². The number of amides is 2. The van der Waals surface area contributed by atoms with Gasteiger partial charge in [0.2, 0.25) is 11.8 Å². The first-order valence-corrected chi connectivity index (χ1v) is 7.83. The van der Waals surface area contributed by atoms with E-state index in [1.54, 1.807) is 6.92 Å². The summed E-state index contributed by atoms with van der Waals surface area (Å²) >= 11 is 0. The zero-order valence-corrected chi connectivity index (χ0v) is 12.9. The van der Waals surface area contributed by atoms with Crippen molar-refractivity contribution < 1.29 is 14.7 Å². The third kappa shape index (κ3) is 4.84. The first-order chi connectivity index (χ1) is 10.6. The van der Waals surface area contributed by atoms with Gasteiger partial charge in [-0.1, -0.05) is 30.3 Å². The van der Waals surface area contributed by atoms with Gasteiger partial charge in [0.1, 0.15) is 0 Å². The van der Waals surface area contributed by atoms with E-state index in [9.17, 15) is 14.7 Å². The zero-order chi connectivity index (χ0) is 15.9. The van der Waals surface area contributed by atoms with Crippen molar-refractivity contribution in [2.45, 2.75) is 38.2 Å². The molecular weight excluding hydrogens is 280 g/mol. The standard InChI is InChI=1S/C17H24N2O3/c1-12(20)9-15(13-5-3-2-4-6-13)11-19-17(22)14-7-8-18-16(21)10-14/h2-6,12,14-15,20H,7-11H2,1H3,(H,18,21)(H,19,22). The molecule has 1 fully saturated rings. The molecule has 1 aromatic carbocycles. The summed E-state index contributed by atoms with van der Waals surface area (Å²) in [4.78, 5) is 23.6. The maximum atomic E-state index is 12.2. The Kier molecular flexibility index (Phi) is 5.95. The van der Waals surface area contributed by atoms with Crippen molar-refractivity contribution in [3.8, 4) is 0 Å². The lowest BCUT2D eigenvalue weighted by molar-refractivity contribution is -0.132. The van der Waals surface area contributed by atoms with Crippen molar-refractivity contribution in [3.63, 3.8) is 0 Å². The fraction of sp³-hybridized carbons (Fsp3) is 0.529. The molecule has 3 atom stereocenters. The average Bonchev–Trinajstić information content (AvgIpc) is 2.51. The van der Waals surface area contributed by atoms with Crippen LogP contribution in [0, 0.1) is 5.92 Å². The Morgan fingerprint density at radius 3 is 2.77 bits per heavy atom. The second kappa shape index (κ2) is 7.94. The molecule has 22 heavy (non-hydrogen) atoms. The molecule has 0 radical (unpaired) electrons. The van der Waals surface area contributed by atoms with Gasteiger partial charge in [-0.25, -0.2) is 0 Å². The molecule has 1 aliphatic rings. The number of carbonyl (C=O) groups is 2. The van der Waals surface area contributed by atoms with Crippen molar-refractivity contribution in [3.05, 3.63) is 35.9 Å². The quantitative estimate of drug-likeness (QED) is 0.738. The van der Waals surface area contributed by atoms with Crippen LogP contribution in [-0.2, 0) is 9.59 Å². The molecule has 0 aliphatic carbocycles. The Morgan fingerprint density at radius 1 is 1.41 bits per heavy atom. The number of aliphatic hydroxyl groups excluding tert-OH is 1. The number of rotatable bonds is 6. The molecule has 2 rings (SSSR count). The molecule has 1 saturated heterocycles. The van der Waals surface area contributed by atoms with E-state index >= 15 is 0 Å². The van der Waals surface area contributed by atoms with Crippen LogP contribution >= 0.6 is 0 Å². The van der Waals surface area contributed by atoms with Crippen LogP contribution in [0.1, 0.15) is 37.7 Å². The summed E-state index contributed by atoms with van der Waals surface area (Å²) in [5, 5.41) is 15.3. The minimum Gasteiger partial charge on any atom is -0.393 e. The highest BCUT2D eigenvalue weighted by Gasteiger charge is 2.26. The molecular formula is C17H24N2O3. The Bertz CT molecular complexity index is 502. The van der Waals surface area contributed by atoms with Crippen LogP contribution in [0.5, 0.6) is 0 Å². The molecule has 0 saturated carbocycles. The van der Waals surface area contributed by atoms with Gasteiger partial charge in [0.15, 0.2) is 0 Å². The molecule has 0 bridgehead atoms. The van der Waals surface area contributed by atoms with E-state index in [2.05, 4.69) is 10.6 Å². The van der Waals surface area contributed by atoms with Gasteiger partial charge in [0.25, 0.3) is 0 Å². The van der Waals surface area contributed by atoms with Crippen LogP contribution in [0.3, 0.4) is 0 Å². The van der Waals surface area contributed by atoms with Gasteiger partial charge in [-0.15, -0.1) is 0 Å². The molecule has 5 nitrogen and oxygen atoms in total. The highest BCUT2D eigenvalue weighted by Crippen LogP contribution is 2.21. The topological polar surface area (TPSA) is 78.4 Å². The minimum absolute atomic E-state index is 0.0602. The van der Waals surface area contributed by atoms with Crippen LogP contribution in [0.15, 0.2) is 30.3 Å². The zero-order valence-electron chi connectivity index (χ0n) is 12.9. The van der Waals surface area contributed by atoms with Gasteiger partial charge in [-0.3, -0.25) is 9.59 Å². The molecule has 1 aromatic rings. The lowest BCUT2D eigenvalue weighted by Crippen LogP contribution is -2.42. The Hall–Kier alpha value is -1.88. The number of nitrogens with one attached hydrogen (secondary N) is 2. The molecule has 120 valence electrons. The van der Waals surface area contributed by atoms with Gasteiger partial charge >= 0.3 is 0 Å². The van der Waals surface area contributed by atoms with E-state index in [0.717, 1.165) is 5.56 Å². The van der Waals surface area contributed by atoms with Gasteiger partial charge in [0, 0.05) is 31.3 Å². The maximum absolute atomic E-state index is 12.2. The average molecular weight is 304 g/mol. The van der Waals surface area contributed by atoms with E-state index in [1.165, 1.54) is 0 Å². The largest absolute Gasteiger partial charge is 0.393 e. The summed E-state index contributed by atoms with van der Waals surface area (Å²) in [6, 6.07) is 9.87. The smallest absolute Gasteiger partial charge is 0.223 e. The third-order valence-electron chi connectivity index (χ3n) is 4.04. The van der Waals surface area contributed by atoms with Crippen LogP contribution in [0.4, 0.5) is 0 Å². The summed E-state index contributed by atoms with van der Waals surface area (Å²) in [5.74, 6) is -0.296. The first kappa shape index (κ1) is 16.5. The van der Waals surface area contributed by atoms with Crippen molar-refractivity contribution in [1.29, 1.82) is 0 Å². The van der Waals surface area contributed by atoms with Gasteiger partial charge in [-0.2, -0.15) is 0 Å². The lowest BCUT2D eigenvalue weighted by atomic mass is 9.92. The van der Waals surface area contributed by atoms with E-state index in [-0.39, 0.29) is 30.1 Å². The number of benzene rings is 1. The molecule has 0 aromatic heterocycles. The molecule has 1 heterocycles. The van der Waals surface area contributed by atoms with Crippen molar-refractivity contribution >= 4 is 11.8 Å². The summed E-state index contributed by atoms with van der Waals surface area (Å²) in [6.45, 7) is 2.79. The third-order valence-corrected chi connectivity index (χ3v) is 4.04. The molecule has 3 N–H and O–H groups in total. The predicted molar refractivity (Wildman–Crippen MR) is 84.2 cm³/mol. The number of hydrogen-bond acceptors (Lipinski definition) is 3. The Labute approximate surface area is 131 Å². The number of hydrogen-bond donors (Lipinski definition) is 3. The van der Waals surface area contributed by atoms with Crippen LogP contribution in [0.2, 0.25) is 0 Å². The normalized spacial score (nSPS) is 20.8. The molecule has 0 spiro atoms. The highest BCUT2D eigenvalue weighted by atomic mass is 16.3. The van der Waals surface area contributed by atoms with Crippen LogP contribution in [0.25, 0.3) is 0 Å². The number of piperidine rings is 1. The molecule has 2 amide bonds. The monoisotopic (exact) mass is 304 g/mol. The highest BCUT2D eigenvalue weighted by molar-refractivity contribution is 5.86. The number of aliphatic hydroxyl groups is 1. The predicted octanol–water partition coefficient (Wildman–Crippen LogP) is 1.18. The van der Waals surface area contributed by atoms with Crippen LogP contribution in [-0.4, -0.2) is 36.1 Å². The second-order valence-corrected chi connectivity index (χ2v) is 5.98. The van der Waals surface area contributed by atoms with Gasteiger partial charge < -0.3 is 15.7 Å². The summed E-state index contributed by atoms with van der Waals surface area (Å²) in [5.41, 5.74) is 1.10. The fourth-order valence-corrected chi connectivity index (χ4v) is 2.85. The summed E-state index contributed by atoms with van der Waals surface area (Å²) < 4.78 is 0. The van der Waals surface area contributed by atoms with Crippen LogP contribution < -0.4 is 10.6 Å². The molecule has 3 unspecified atom stereocenters. The van der Waals surface area contributed by atoms with E-state index in [4.69, 9.17) is 0 Å². The maximum Gasteiger partial charge on any atom is 0.223 e. The van der Waals surface area contributed by atoms with E-state index in [0.29, 0.717) is 25.9 Å². The SMILES string of the molecule is CC(O)CC(CNC(=O)C1CCNC(=O)C1)c1ccccc1. The van der Waals surface area contributed by atoms with Crippen molar-refractivity contribution in [1.82, 2.24) is 10.6 Å². The Morgan fingerprint density at radius 2 is 2.14 bits per heavy atom. The second-order valence-electron chi connectivity index (χ2n) is 5.98. The Balaban J connectivity index is 1.93. The first-order valence-electron chi connectivity index (χ1n) is 7.83.